The fourth-order valence-electron chi connectivity index (χ4n) is 5.36. The lowest BCUT2D eigenvalue weighted by atomic mass is 9.95. The number of fused-ring (bicyclic) bond motifs is 5. The average Bonchev–Trinajstić information content (AvgIpc) is 3.54. The van der Waals surface area contributed by atoms with Crippen LogP contribution in [0.2, 0.25) is 0 Å². The van der Waals surface area contributed by atoms with Crippen LogP contribution >= 0.6 is 0 Å². The summed E-state index contributed by atoms with van der Waals surface area (Å²) in [4.78, 5) is 38.6. The van der Waals surface area contributed by atoms with E-state index in [0.29, 0.717) is 98.7 Å². The summed E-state index contributed by atoms with van der Waals surface area (Å²) in [7, 11) is 0. The smallest absolute Gasteiger partial charge is 0.227 e. The fraction of sp³-hybridized carbons (Fsp3) is 0.528. The number of ether oxygens (including phenoxy) is 5. The summed E-state index contributed by atoms with van der Waals surface area (Å²) in [5, 5.41) is 14.6. The van der Waals surface area contributed by atoms with Crippen LogP contribution in [0.25, 0.3) is 22.5 Å². The summed E-state index contributed by atoms with van der Waals surface area (Å²) < 4.78 is 29.7. The molecular weight excluding hydrogens is 644 g/mol. The first-order valence-electron chi connectivity index (χ1n) is 17.4. The SMILES string of the molecule is CCNC(=O)CCC(=O)N1Cc2ccccc2-c2nnn(CCOCCOCCOCCOCCOCCNC(=O)CC)c2-c2ccccc21.[HH].[HH]. The Morgan fingerprint density at radius 3 is 1.98 bits per heavy atom. The van der Waals surface area contributed by atoms with Gasteiger partial charge in [-0.05, 0) is 18.6 Å². The third-order valence-electron chi connectivity index (χ3n) is 7.85. The third-order valence-corrected chi connectivity index (χ3v) is 7.85. The summed E-state index contributed by atoms with van der Waals surface area (Å²) in [6, 6.07) is 15.6. The van der Waals surface area contributed by atoms with Gasteiger partial charge in [-0.25, -0.2) is 4.68 Å². The van der Waals surface area contributed by atoms with Crippen LogP contribution in [0.4, 0.5) is 5.69 Å². The van der Waals surface area contributed by atoms with Crippen LogP contribution in [0.15, 0.2) is 48.5 Å². The Morgan fingerprint density at radius 2 is 1.32 bits per heavy atom. The molecule has 0 atom stereocenters. The topological polar surface area (TPSA) is 155 Å². The molecule has 0 saturated heterocycles. The van der Waals surface area contributed by atoms with Crippen LogP contribution < -0.4 is 15.5 Å². The zero-order valence-corrected chi connectivity index (χ0v) is 29.2. The maximum atomic E-state index is 13.6. The second-order valence-corrected chi connectivity index (χ2v) is 11.4. The van der Waals surface area contributed by atoms with Gasteiger partial charge in [0.2, 0.25) is 17.7 Å². The van der Waals surface area contributed by atoms with E-state index in [1.807, 2.05) is 67.1 Å². The Morgan fingerprint density at radius 1 is 0.720 bits per heavy atom. The first-order chi connectivity index (χ1) is 24.5. The quantitative estimate of drug-likeness (QED) is 0.141. The fourth-order valence-corrected chi connectivity index (χ4v) is 5.36. The van der Waals surface area contributed by atoms with E-state index < -0.39 is 0 Å². The van der Waals surface area contributed by atoms with E-state index in [4.69, 9.17) is 23.7 Å². The molecule has 1 aliphatic rings. The first-order valence-corrected chi connectivity index (χ1v) is 17.4. The molecule has 3 aromatic rings. The molecule has 0 spiro atoms. The summed E-state index contributed by atoms with van der Waals surface area (Å²) in [5.41, 5.74) is 4.99. The molecule has 2 aromatic carbocycles. The minimum absolute atomic E-state index is 0. The van der Waals surface area contributed by atoms with Crippen molar-refractivity contribution >= 4 is 23.4 Å². The highest BCUT2D eigenvalue weighted by Gasteiger charge is 2.29. The van der Waals surface area contributed by atoms with E-state index in [2.05, 4.69) is 20.9 Å². The Labute approximate surface area is 296 Å². The summed E-state index contributed by atoms with van der Waals surface area (Å²) >= 11 is 0. The van der Waals surface area contributed by atoms with E-state index in [1.54, 1.807) is 4.90 Å². The Kier molecular flexibility index (Phi) is 16.8. The van der Waals surface area contributed by atoms with Gasteiger partial charge in [-0.15, -0.1) is 5.10 Å². The molecule has 0 radical (unpaired) electrons. The highest BCUT2D eigenvalue weighted by molar-refractivity contribution is 6.01. The molecule has 4 rings (SSSR count). The number of hydrogen-bond acceptors (Lipinski definition) is 10. The van der Waals surface area contributed by atoms with Crippen LogP contribution in [0.1, 0.15) is 41.5 Å². The van der Waals surface area contributed by atoms with Gasteiger partial charge in [0.05, 0.1) is 90.5 Å². The number of para-hydroxylation sites is 1. The predicted molar refractivity (Wildman–Crippen MR) is 192 cm³/mol. The maximum Gasteiger partial charge on any atom is 0.227 e. The second-order valence-electron chi connectivity index (χ2n) is 11.4. The summed E-state index contributed by atoms with van der Waals surface area (Å²) in [6.07, 6.45) is 0.697. The molecule has 276 valence electrons. The van der Waals surface area contributed by atoms with Gasteiger partial charge in [0.25, 0.3) is 0 Å². The standard InChI is InChI=1S/C36H50N6O8.2H2/c1-3-32(43)38-15-17-46-19-21-48-23-25-50-26-24-49-22-20-47-18-16-42-36-30-11-7-8-12-31(30)41(34(45)14-13-33(44)37-4-2)27-28-9-5-6-10-29(28)35(36)39-40-42;;/h5-12H,3-4,13-27H2,1-2H3,(H,37,44)(H,38,43);2*1H. The van der Waals surface area contributed by atoms with Crippen molar-refractivity contribution in [2.45, 2.75) is 46.2 Å². The van der Waals surface area contributed by atoms with Crippen LogP contribution in [0, 0.1) is 0 Å². The molecule has 0 unspecified atom stereocenters. The molecule has 14 heteroatoms. The molecule has 3 amide bonds. The lowest BCUT2D eigenvalue weighted by molar-refractivity contribution is -0.125. The van der Waals surface area contributed by atoms with Crippen molar-refractivity contribution in [3.63, 3.8) is 0 Å². The lowest BCUT2D eigenvalue weighted by Crippen LogP contribution is -2.33. The predicted octanol–water partition coefficient (Wildman–Crippen LogP) is 3.48. The van der Waals surface area contributed by atoms with Gasteiger partial charge in [-0.1, -0.05) is 54.6 Å². The zero-order valence-electron chi connectivity index (χ0n) is 29.2. The normalized spacial score (nSPS) is 12.0. The molecule has 0 saturated carbocycles. The number of carbonyl (C=O) groups excluding carboxylic acids is 3. The Bertz CT molecular complexity index is 1510. The monoisotopic (exact) mass is 698 g/mol. The lowest BCUT2D eigenvalue weighted by Gasteiger charge is -2.28. The van der Waals surface area contributed by atoms with Gasteiger partial charge < -0.3 is 39.2 Å². The number of rotatable bonds is 23. The highest BCUT2D eigenvalue weighted by atomic mass is 16.6. The maximum absolute atomic E-state index is 13.6. The van der Waals surface area contributed by atoms with E-state index in [1.165, 1.54) is 0 Å². The summed E-state index contributed by atoms with van der Waals surface area (Å²) in [6.45, 7) is 9.95. The number of amides is 3. The van der Waals surface area contributed by atoms with Gasteiger partial charge in [0, 0.05) is 46.3 Å². The van der Waals surface area contributed by atoms with Crippen molar-refractivity contribution in [2.75, 3.05) is 84.1 Å². The van der Waals surface area contributed by atoms with Gasteiger partial charge in [0.15, 0.2) is 0 Å². The number of anilines is 1. The molecule has 2 heterocycles. The second kappa shape index (κ2) is 21.8. The van der Waals surface area contributed by atoms with Crippen LogP contribution in [0.3, 0.4) is 0 Å². The number of nitrogens with one attached hydrogen (secondary N) is 2. The highest BCUT2D eigenvalue weighted by Crippen LogP contribution is 2.41. The molecule has 0 fully saturated rings. The molecule has 0 bridgehead atoms. The van der Waals surface area contributed by atoms with Crippen LogP contribution in [0.5, 0.6) is 0 Å². The van der Waals surface area contributed by atoms with Crippen LogP contribution in [-0.2, 0) is 51.2 Å². The van der Waals surface area contributed by atoms with Gasteiger partial charge in [0.1, 0.15) is 5.69 Å². The molecule has 14 nitrogen and oxygen atoms in total. The van der Waals surface area contributed by atoms with Crippen molar-refractivity contribution in [1.82, 2.24) is 25.6 Å². The molecular formula is C36H54N6O8. The minimum atomic E-state index is -0.141. The first kappa shape index (κ1) is 38.6. The molecule has 2 N–H and O–H groups in total. The van der Waals surface area contributed by atoms with Crippen molar-refractivity contribution in [3.05, 3.63) is 54.1 Å². The number of aromatic nitrogens is 3. The minimum Gasteiger partial charge on any atom is -0.377 e. The molecule has 1 aromatic heterocycles. The number of benzene rings is 2. The molecule has 1 aliphatic heterocycles. The van der Waals surface area contributed by atoms with Crippen molar-refractivity contribution in [2.24, 2.45) is 0 Å². The number of nitrogens with zero attached hydrogens (tertiary/aromatic N) is 4. The van der Waals surface area contributed by atoms with E-state index in [9.17, 15) is 14.4 Å². The Hall–Kier alpha value is -4.21. The van der Waals surface area contributed by atoms with E-state index in [-0.39, 0.29) is 33.4 Å². The third kappa shape index (κ3) is 12.0. The molecule has 50 heavy (non-hydrogen) atoms. The van der Waals surface area contributed by atoms with Gasteiger partial charge in [-0.3, -0.25) is 14.4 Å². The Balaban J connectivity index is 0.00000468. The summed E-state index contributed by atoms with van der Waals surface area (Å²) in [5.74, 6) is -0.254. The zero-order chi connectivity index (χ0) is 35.4. The van der Waals surface area contributed by atoms with Crippen LogP contribution in [-0.4, -0.2) is 112 Å². The van der Waals surface area contributed by atoms with Gasteiger partial charge >= 0.3 is 0 Å². The van der Waals surface area contributed by atoms with E-state index in [0.717, 1.165) is 33.8 Å². The van der Waals surface area contributed by atoms with E-state index >= 15 is 0 Å². The molecule has 0 aliphatic carbocycles. The van der Waals surface area contributed by atoms with Crippen molar-refractivity contribution in [3.8, 4) is 22.5 Å². The van der Waals surface area contributed by atoms with Crippen molar-refractivity contribution < 1.29 is 40.9 Å². The van der Waals surface area contributed by atoms with Gasteiger partial charge in [-0.2, -0.15) is 0 Å². The van der Waals surface area contributed by atoms with Crippen molar-refractivity contribution in [1.29, 1.82) is 0 Å². The average molecular weight is 699 g/mol. The number of hydrogen-bond donors (Lipinski definition) is 2. The largest absolute Gasteiger partial charge is 0.377 e. The number of carbonyl (C=O) groups is 3.